The summed E-state index contributed by atoms with van der Waals surface area (Å²) in [7, 11) is 1.47. The van der Waals surface area contributed by atoms with E-state index in [-0.39, 0.29) is 5.91 Å². The first-order chi connectivity index (χ1) is 9.25. The van der Waals surface area contributed by atoms with Crippen molar-refractivity contribution in [1.82, 2.24) is 5.32 Å². The zero-order valence-corrected chi connectivity index (χ0v) is 11.9. The molecule has 2 aliphatic heterocycles. The van der Waals surface area contributed by atoms with Crippen LogP contribution in [0.4, 0.5) is 0 Å². The molecule has 3 N–H and O–H groups in total. The summed E-state index contributed by atoms with van der Waals surface area (Å²) in [5.74, 6) is -1.89. The second kappa shape index (κ2) is 5.28. The van der Waals surface area contributed by atoms with Gasteiger partial charge in [0.1, 0.15) is 24.4 Å². The Hall–Kier alpha value is -1.22. The fraction of sp³-hybridized carbons (Fsp3) is 0.833. The van der Waals surface area contributed by atoms with Gasteiger partial charge in [0.25, 0.3) is 0 Å². The third-order valence-corrected chi connectivity index (χ3v) is 3.27. The molecule has 0 saturated carbocycles. The summed E-state index contributed by atoms with van der Waals surface area (Å²) in [5.41, 5.74) is 5.33. The van der Waals surface area contributed by atoms with Gasteiger partial charge in [0.2, 0.25) is 11.8 Å². The minimum atomic E-state index is -1.00. The molecule has 20 heavy (non-hydrogen) atoms. The number of nitrogens with two attached hydrogens (primary N) is 1. The van der Waals surface area contributed by atoms with Crippen LogP contribution in [0.2, 0.25) is 0 Å². The van der Waals surface area contributed by atoms with Gasteiger partial charge >= 0.3 is 0 Å². The summed E-state index contributed by atoms with van der Waals surface area (Å²) in [6, 6.07) is -1.00. The van der Waals surface area contributed by atoms with Crippen LogP contribution in [-0.2, 0) is 28.5 Å². The molecule has 0 aliphatic carbocycles. The topological polar surface area (TPSA) is 109 Å². The van der Waals surface area contributed by atoms with Crippen molar-refractivity contribution in [2.24, 2.45) is 5.73 Å². The Kier molecular flexibility index (Phi) is 4.01. The van der Waals surface area contributed by atoms with Crippen LogP contribution in [0.3, 0.4) is 0 Å². The monoisotopic (exact) mass is 288 g/mol. The molecule has 0 aromatic carbocycles. The van der Waals surface area contributed by atoms with Crippen LogP contribution in [-0.4, -0.2) is 55.4 Å². The summed E-state index contributed by atoms with van der Waals surface area (Å²) < 4.78 is 22.2. The highest BCUT2D eigenvalue weighted by molar-refractivity contribution is 5.86. The van der Waals surface area contributed by atoms with E-state index in [1.807, 2.05) is 0 Å². The van der Waals surface area contributed by atoms with Crippen LogP contribution in [0.5, 0.6) is 0 Å². The maximum atomic E-state index is 11.6. The molecular formula is C12H20N2O6. The molecule has 0 aromatic rings. The minimum absolute atomic E-state index is 0.381. The molecule has 0 spiro atoms. The second-order valence-electron chi connectivity index (χ2n) is 5.35. The third-order valence-electron chi connectivity index (χ3n) is 3.27. The molecule has 0 radical (unpaired) electrons. The summed E-state index contributed by atoms with van der Waals surface area (Å²) in [5, 5.41) is 2.48. The van der Waals surface area contributed by atoms with Gasteiger partial charge in [0.05, 0.1) is 0 Å². The van der Waals surface area contributed by atoms with E-state index < -0.39 is 42.3 Å². The molecule has 2 saturated heterocycles. The SMILES string of the molecule is CO[C@H]1O[C@H]([C@H](NC(C)=O)C(N)=O)[C@@H]2OC(C)(C)O[C@H]12. The molecule has 2 aliphatic rings. The van der Waals surface area contributed by atoms with Crippen LogP contribution >= 0.6 is 0 Å². The number of amides is 2. The number of methoxy groups -OCH3 is 1. The first-order valence-electron chi connectivity index (χ1n) is 6.35. The van der Waals surface area contributed by atoms with Gasteiger partial charge in [0.15, 0.2) is 12.1 Å². The smallest absolute Gasteiger partial charge is 0.242 e. The molecule has 8 nitrogen and oxygen atoms in total. The van der Waals surface area contributed by atoms with Crippen molar-refractivity contribution in [1.29, 1.82) is 0 Å². The number of carbonyl (C=O) groups is 2. The van der Waals surface area contributed by atoms with E-state index >= 15 is 0 Å². The number of ether oxygens (including phenoxy) is 4. The van der Waals surface area contributed by atoms with Crippen molar-refractivity contribution in [2.45, 2.75) is 57.2 Å². The molecule has 8 heteroatoms. The van der Waals surface area contributed by atoms with Gasteiger partial charge in [-0.1, -0.05) is 0 Å². The molecular weight excluding hydrogens is 268 g/mol. The highest BCUT2D eigenvalue weighted by Crippen LogP contribution is 2.39. The number of hydrogen-bond donors (Lipinski definition) is 2. The lowest BCUT2D eigenvalue weighted by atomic mass is 10.0. The van der Waals surface area contributed by atoms with Gasteiger partial charge in [0, 0.05) is 14.0 Å². The summed E-state index contributed by atoms with van der Waals surface area (Å²) in [4.78, 5) is 22.8. The standard InChI is InChI=1S/C12H20N2O6/c1-5(15)14-6(10(13)16)7-8-9(11(17-4)18-7)20-12(2,3)19-8/h6-9,11H,1-4H3,(H2,13,16)(H,14,15)/t6-,7+,8-,9-,11-/m0/s1. The van der Waals surface area contributed by atoms with Gasteiger partial charge in [-0.05, 0) is 13.8 Å². The van der Waals surface area contributed by atoms with Crippen molar-refractivity contribution in [3.8, 4) is 0 Å². The van der Waals surface area contributed by atoms with Gasteiger partial charge in [-0.15, -0.1) is 0 Å². The minimum Gasteiger partial charge on any atom is -0.368 e. The second-order valence-corrected chi connectivity index (χ2v) is 5.35. The number of rotatable bonds is 4. The highest BCUT2D eigenvalue weighted by Gasteiger charge is 2.58. The molecule has 114 valence electrons. The Labute approximate surface area is 116 Å². The highest BCUT2D eigenvalue weighted by atomic mass is 16.8. The van der Waals surface area contributed by atoms with E-state index in [0.717, 1.165) is 0 Å². The Morgan fingerprint density at radius 3 is 2.40 bits per heavy atom. The third kappa shape index (κ3) is 2.78. The number of hydrogen-bond acceptors (Lipinski definition) is 6. The van der Waals surface area contributed by atoms with Gasteiger partial charge in [-0.2, -0.15) is 0 Å². The normalized spacial score (nSPS) is 36.4. The molecule has 5 atom stereocenters. The number of nitrogens with one attached hydrogen (secondary N) is 1. The summed E-state index contributed by atoms with van der Waals surface area (Å²) >= 11 is 0. The Balaban J connectivity index is 2.22. The molecule has 2 fully saturated rings. The van der Waals surface area contributed by atoms with E-state index in [1.54, 1.807) is 13.8 Å². The first kappa shape index (κ1) is 15.2. The predicted molar refractivity (Wildman–Crippen MR) is 66.3 cm³/mol. The van der Waals surface area contributed by atoms with E-state index in [1.165, 1.54) is 14.0 Å². The maximum absolute atomic E-state index is 11.6. The zero-order chi connectivity index (χ0) is 15.1. The molecule has 0 bridgehead atoms. The zero-order valence-electron chi connectivity index (χ0n) is 11.9. The van der Waals surface area contributed by atoms with Crippen molar-refractivity contribution < 1.29 is 28.5 Å². The van der Waals surface area contributed by atoms with Crippen molar-refractivity contribution >= 4 is 11.8 Å². The van der Waals surface area contributed by atoms with Crippen LogP contribution in [0.25, 0.3) is 0 Å². The Morgan fingerprint density at radius 1 is 1.30 bits per heavy atom. The molecule has 2 amide bonds. The number of fused-ring (bicyclic) bond motifs is 1. The summed E-state index contributed by atoms with van der Waals surface area (Å²) in [6.45, 7) is 4.81. The van der Waals surface area contributed by atoms with Crippen LogP contribution in [0.15, 0.2) is 0 Å². The molecule has 2 heterocycles. The van der Waals surface area contributed by atoms with Crippen LogP contribution in [0, 0.1) is 0 Å². The largest absolute Gasteiger partial charge is 0.368 e. The lowest BCUT2D eigenvalue weighted by Crippen LogP contribution is -2.55. The van der Waals surface area contributed by atoms with E-state index in [4.69, 9.17) is 24.7 Å². The molecule has 0 unspecified atom stereocenters. The number of primary amides is 1. The molecule has 0 aromatic heterocycles. The van der Waals surface area contributed by atoms with Gasteiger partial charge in [-0.3, -0.25) is 9.59 Å². The quantitative estimate of drug-likeness (QED) is 0.677. The lowest BCUT2D eigenvalue weighted by Gasteiger charge is -2.27. The summed E-state index contributed by atoms with van der Waals surface area (Å²) in [6.07, 6.45) is -2.45. The first-order valence-corrected chi connectivity index (χ1v) is 6.35. The van der Waals surface area contributed by atoms with E-state index in [0.29, 0.717) is 0 Å². The fourth-order valence-electron chi connectivity index (χ4n) is 2.58. The van der Waals surface area contributed by atoms with Crippen LogP contribution in [0.1, 0.15) is 20.8 Å². The van der Waals surface area contributed by atoms with Gasteiger partial charge < -0.3 is 30.0 Å². The lowest BCUT2D eigenvalue weighted by molar-refractivity contribution is -0.229. The predicted octanol–water partition coefficient (Wildman–Crippen LogP) is -1.13. The Morgan fingerprint density at radius 2 is 1.90 bits per heavy atom. The fourth-order valence-corrected chi connectivity index (χ4v) is 2.58. The Bertz CT molecular complexity index is 413. The molecule has 2 rings (SSSR count). The maximum Gasteiger partial charge on any atom is 0.242 e. The van der Waals surface area contributed by atoms with Crippen LogP contribution < -0.4 is 11.1 Å². The van der Waals surface area contributed by atoms with Crippen molar-refractivity contribution in [2.75, 3.05) is 7.11 Å². The average Bonchev–Trinajstić information content (AvgIpc) is 2.78. The number of carbonyl (C=O) groups excluding carboxylic acids is 2. The van der Waals surface area contributed by atoms with Gasteiger partial charge in [-0.25, -0.2) is 0 Å². The van der Waals surface area contributed by atoms with E-state index in [2.05, 4.69) is 5.32 Å². The van der Waals surface area contributed by atoms with E-state index in [9.17, 15) is 9.59 Å². The average molecular weight is 288 g/mol. The van der Waals surface area contributed by atoms with Crippen molar-refractivity contribution in [3.05, 3.63) is 0 Å². The van der Waals surface area contributed by atoms with Crippen molar-refractivity contribution in [3.63, 3.8) is 0 Å².